The molecule has 0 unspecified atom stereocenters. The largest absolute Gasteiger partial charge is 0.409 e. The van der Waals surface area contributed by atoms with Crippen LogP contribution in [-0.4, -0.2) is 32.4 Å². The number of carbonyl (C=O) groups excluding carboxylic acids is 1. The fourth-order valence-electron chi connectivity index (χ4n) is 5.50. The monoisotopic (exact) mass is 560 g/mol. The van der Waals surface area contributed by atoms with E-state index in [1.165, 1.54) is 5.57 Å². The van der Waals surface area contributed by atoms with Gasteiger partial charge in [0.1, 0.15) is 6.29 Å². The van der Waals surface area contributed by atoms with Crippen molar-refractivity contribution in [3.05, 3.63) is 21.8 Å². The van der Waals surface area contributed by atoms with E-state index in [1.54, 1.807) is 0 Å². The molecule has 1 aliphatic heterocycles. The fraction of sp³-hybridized carbons (Fsp3) is 0.808. The van der Waals surface area contributed by atoms with Gasteiger partial charge in [-0.25, -0.2) is 0 Å². The molecule has 2 aliphatic rings. The Morgan fingerprint density at radius 3 is 2.45 bits per heavy atom. The van der Waals surface area contributed by atoms with E-state index in [4.69, 9.17) is 9.16 Å². The van der Waals surface area contributed by atoms with Crippen LogP contribution >= 0.6 is 22.6 Å². The quantitative estimate of drug-likeness (QED) is 0.125. The summed E-state index contributed by atoms with van der Waals surface area (Å²) in [5.74, 6) is 1.95. The Balaban J connectivity index is 2.55. The lowest BCUT2D eigenvalue weighted by Crippen LogP contribution is -2.56. The van der Waals surface area contributed by atoms with E-state index in [2.05, 4.69) is 96.8 Å². The normalized spacial score (nSPS) is 31.2. The van der Waals surface area contributed by atoms with E-state index in [1.807, 2.05) is 0 Å². The first-order chi connectivity index (χ1) is 14.1. The molecule has 1 saturated heterocycles. The molecule has 0 amide bonds. The molecule has 0 aromatic rings. The van der Waals surface area contributed by atoms with Crippen LogP contribution in [0.5, 0.6) is 0 Å². The predicted octanol–water partition coefficient (Wildman–Crippen LogP) is 7.71. The highest BCUT2D eigenvalue weighted by Crippen LogP contribution is 2.54. The van der Waals surface area contributed by atoms with E-state index >= 15 is 0 Å². The number of hydrogen-bond acceptors (Lipinski definition) is 3. The Morgan fingerprint density at radius 1 is 1.35 bits per heavy atom. The summed E-state index contributed by atoms with van der Waals surface area (Å²) in [4.78, 5) is 11.4. The first-order valence-corrected chi connectivity index (χ1v) is 15.9. The molecule has 6 atom stereocenters. The third kappa shape index (κ3) is 5.93. The number of halogens is 1. The highest BCUT2D eigenvalue weighted by Gasteiger charge is 2.58. The standard InChI is InChI=1S/C26H45IO3Si/c1-17(2)20-13-12-18(3)22-21(16-19(4)27)29-24(23(20)22)26(8,14-11-15-28)30-31(9,10)25(5,6)7/h12,15,17,20-24H,4,11,13-14,16H2,1-3,5-10H3/t20-,21-,22-,23-,24-,26-/m1/s1. The van der Waals surface area contributed by atoms with Crippen molar-refractivity contribution in [2.45, 2.75) is 110 Å². The Labute approximate surface area is 206 Å². The maximum Gasteiger partial charge on any atom is 0.192 e. The SMILES string of the molecule is C=C(I)C[C@H]1O[C@@H]([C@@](C)(CCC=O)O[Si](C)(C)C(C)(C)C)[C@H]2[C@@H]1C(C)=CC[C@@H]2C(C)C. The molecule has 31 heavy (non-hydrogen) atoms. The van der Waals surface area contributed by atoms with Gasteiger partial charge in [0.2, 0.25) is 0 Å². The number of hydrogen-bond donors (Lipinski definition) is 0. The van der Waals surface area contributed by atoms with Crippen molar-refractivity contribution in [1.82, 2.24) is 0 Å². The summed E-state index contributed by atoms with van der Waals surface area (Å²) >= 11 is 2.34. The molecule has 0 aromatic carbocycles. The van der Waals surface area contributed by atoms with Crippen LogP contribution in [-0.2, 0) is 14.0 Å². The van der Waals surface area contributed by atoms with Crippen molar-refractivity contribution in [3.63, 3.8) is 0 Å². The molecule has 0 aromatic heterocycles. The lowest BCUT2D eigenvalue weighted by molar-refractivity contribution is -0.118. The number of allylic oxidation sites excluding steroid dienone is 1. The van der Waals surface area contributed by atoms with Crippen molar-refractivity contribution < 1.29 is 14.0 Å². The minimum Gasteiger partial charge on any atom is -0.409 e. The van der Waals surface area contributed by atoms with Crippen LogP contribution in [0, 0.1) is 23.7 Å². The average molecular weight is 561 g/mol. The molecule has 0 saturated carbocycles. The lowest BCUT2D eigenvalue weighted by Gasteiger charge is -2.49. The van der Waals surface area contributed by atoms with E-state index in [-0.39, 0.29) is 17.2 Å². The molecule has 0 bridgehead atoms. The van der Waals surface area contributed by atoms with Crippen molar-refractivity contribution in [2.24, 2.45) is 23.7 Å². The number of aldehydes is 1. The summed E-state index contributed by atoms with van der Waals surface area (Å²) < 4.78 is 15.3. The minimum absolute atomic E-state index is 0.0108. The van der Waals surface area contributed by atoms with E-state index in [0.29, 0.717) is 36.5 Å². The molecule has 1 aliphatic carbocycles. The second-order valence-electron chi connectivity index (χ2n) is 11.9. The highest BCUT2D eigenvalue weighted by atomic mass is 127. The smallest absolute Gasteiger partial charge is 0.192 e. The zero-order valence-electron chi connectivity index (χ0n) is 21.3. The highest BCUT2D eigenvalue weighted by molar-refractivity contribution is 14.1. The number of ether oxygens (including phenoxy) is 1. The molecule has 0 spiro atoms. The molecular weight excluding hydrogens is 515 g/mol. The molecule has 178 valence electrons. The van der Waals surface area contributed by atoms with Crippen molar-refractivity contribution in [1.29, 1.82) is 0 Å². The lowest BCUT2D eigenvalue weighted by atomic mass is 9.63. The Kier molecular flexibility index (Phi) is 8.88. The third-order valence-electron chi connectivity index (χ3n) is 8.15. The van der Waals surface area contributed by atoms with Gasteiger partial charge in [-0.05, 0) is 82.8 Å². The predicted molar refractivity (Wildman–Crippen MR) is 142 cm³/mol. The molecule has 0 radical (unpaired) electrons. The maximum atomic E-state index is 11.4. The van der Waals surface area contributed by atoms with Gasteiger partial charge >= 0.3 is 0 Å². The summed E-state index contributed by atoms with van der Waals surface area (Å²) in [6.45, 7) is 24.8. The van der Waals surface area contributed by atoms with E-state index < -0.39 is 13.9 Å². The third-order valence-corrected chi connectivity index (χ3v) is 13.2. The molecule has 3 nitrogen and oxygen atoms in total. The second kappa shape index (κ2) is 10.1. The molecule has 5 heteroatoms. The molecule has 0 N–H and O–H groups in total. The Morgan fingerprint density at radius 2 is 1.97 bits per heavy atom. The second-order valence-corrected chi connectivity index (χ2v) is 18.1. The molecule has 1 heterocycles. The number of carbonyl (C=O) groups is 1. The summed E-state index contributed by atoms with van der Waals surface area (Å²) in [7, 11) is -2.06. The van der Waals surface area contributed by atoms with Gasteiger partial charge in [-0.2, -0.15) is 0 Å². The topological polar surface area (TPSA) is 35.5 Å². The van der Waals surface area contributed by atoms with Gasteiger partial charge in [0.25, 0.3) is 0 Å². The number of rotatable bonds is 9. The minimum atomic E-state index is -2.06. The zero-order valence-corrected chi connectivity index (χ0v) is 24.4. The summed E-state index contributed by atoms with van der Waals surface area (Å²) in [6.07, 6.45) is 6.80. The van der Waals surface area contributed by atoms with Gasteiger partial charge in [-0.1, -0.05) is 52.8 Å². The van der Waals surface area contributed by atoms with Crippen LogP contribution in [0.4, 0.5) is 0 Å². The van der Waals surface area contributed by atoms with Crippen molar-refractivity contribution >= 4 is 37.2 Å². The molecular formula is C26H45IO3Si. The van der Waals surface area contributed by atoms with Crippen LogP contribution in [0.2, 0.25) is 18.1 Å². The summed E-state index contributed by atoms with van der Waals surface area (Å²) in [6, 6.07) is 0. The fourth-order valence-corrected chi connectivity index (χ4v) is 7.62. The van der Waals surface area contributed by atoms with Crippen molar-refractivity contribution in [2.75, 3.05) is 0 Å². The van der Waals surface area contributed by atoms with Gasteiger partial charge in [0, 0.05) is 24.7 Å². The first-order valence-electron chi connectivity index (χ1n) is 11.9. The van der Waals surface area contributed by atoms with Crippen LogP contribution in [0.3, 0.4) is 0 Å². The Hall–Kier alpha value is 0.0169. The average Bonchev–Trinajstić information content (AvgIpc) is 2.99. The van der Waals surface area contributed by atoms with Crippen LogP contribution in [0.15, 0.2) is 21.8 Å². The van der Waals surface area contributed by atoms with Gasteiger partial charge < -0.3 is 14.0 Å². The number of fused-ring (bicyclic) bond motifs is 1. The van der Waals surface area contributed by atoms with Gasteiger partial charge in [0.15, 0.2) is 8.32 Å². The summed E-state index contributed by atoms with van der Waals surface area (Å²) in [5, 5.41) is 0.100. The summed E-state index contributed by atoms with van der Waals surface area (Å²) in [5.41, 5.74) is 0.982. The van der Waals surface area contributed by atoms with Crippen molar-refractivity contribution in [3.8, 4) is 0 Å². The molecule has 1 fully saturated rings. The van der Waals surface area contributed by atoms with Crippen LogP contribution in [0.25, 0.3) is 0 Å². The van der Waals surface area contributed by atoms with E-state index in [0.717, 1.165) is 22.7 Å². The Bertz CT molecular complexity index is 693. The zero-order chi connectivity index (χ0) is 23.8. The van der Waals surface area contributed by atoms with Gasteiger partial charge in [0.05, 0.1) is 17.8 Å². The van der Waals surface area contributed by atoms with Gasteiger partial charge in [-0.3, -0.25) is 0 Å². The van der Waals surface area contributed by atoms with Crippen LogP contribution < -0.4 is 0 Å². The molecule has 2 rings (SSSR count). The first kappa shape index (κ1) is 27.3. The van der Waals surface area contributed by atoms with E-state index in [9.17, 15) is 4.79 Å². The van der Waals surface area contributed by atoms with Crippen LogP contribution in [0.1, 0.15) is 74.1 Å². The van der Waals surface area contributed by atoms with Gasteiger partial charge in [-0.15, -0.1) is 0 Å². The maximum absolute atomic E-state index is 11.4.